The normalized spacial score (nSPS) is 18.3. The number of halogens is 1. The molecule has 1 aliphatic carbocycles. The fourth-order valence-electron chi connectivity index (χ4n) is 3.00. The Balaban J connectivity index is 1.98. The van der Waals surface area contributed by atoms with Gasteiger partial charge >= 0.3 is 0 Å². The third kappa shape index (κ3) is 2.25. The van der Waals surface area contributed by atoms with Crippen LogP contribution in [0.5, 0.6) is 0 Å². The average Bonchev–Trinajstić information content (AvgIpc) is 2.90. The summed E-state index contributed by atoms with van der Waals surface area (Å²) in [7, 11) is 1.61. The molecule has 0 amide bonds. The van der Waals surface area contributed by atoms with E-state index in [1.165, 1.54) is 0 Å². The second kappa shape index (κ2) is 5.23. The van der Waals surface area contributed by atoms with Crippen LogP contribution in [0.3, 0.4) is 0 Å². The molecule has 0 atom stereocenters. The summed E-state index contributed by atoms with van der Waals surface area (Å²) in [5, 5.41) is 1.49. The van der Waals surface area contributed by atoms with E-state index in [-0.39, 0.29) is 5.78 Å². The number of benzene rings is 1. The summed E-state index contributed by atoms with van der Waals surface area (Å²) in [5.74, 6) is 0.318. The Morgan fingerprint density at radius 3 is 2.70 bits per heavy atom. The number of ketones is 1. The van der Waals surface area contributed by atoms with Gasteiger partial charge in [-0.05, 0) is 37.1 Å². The van der Waals surface area contributed by atoms with E-state index in [0.717, 1.165) is 37.5 Å². The number of furan rings is 1. The number of rotatable bonds is 3. The van der Waals surface area contributed by atoms with Crippen molar-refractivity contribution in [3.63, 3.8) is 0 Å². The number of hydrogen-bond acceptors (Lipinski definition) is 3. The minimum Gasteiger partial charge on any atom is -0.453 e. The minimum atomic E-state index is -0.712. The maximum Gasteiger partial charge on any atom is 0.229 e. The Labute approximate surface area is 122 Å². The predicted octanol–water partition coefficient (Wildman–Crippen LogP) is 4.62. The van der Waals surface area contributed by atoms with Gasteiger partial charge in [-0.15, -0.1) is 0 Å². The lowest BCUT2D eigenvalue weighted by molar-refractivity contribution is -0.0210. The first-order chi connectivity index (χ1) is 9.64. The van der Waals surface area contributed by atoms with Crippen LogP contribution in [0.1, 0.15) is 42.7 Å². The molecule has 3 nitrogen and oxygen atoms in total. The van der Waals surface area contributed by atoms with Gasteiger partial charge in [0, 0.05) is 17.5 Å². The Morgan fingerprint density at radius 2 is 2.00 bits per heavy atom. The van der Waals surface area contributed by atoms with Crippen molar-refractivity contribution >= 4 is 28.4 Å². The molecule has 20 heavy (non-hydrogen) atoms. The van der Waals surface area contributed by atoms with E-state index in [9.17, 15) is 4.79 Å². The van der Waals surface area contributed by atoms with Gasteiger partial charge in [-0.1, -0.05) is 30.9 Å². The first kappa shape index (κ1) is 13.7. The lowest BCUT2D eigenvalue weighted by Crippen LogP contribution is -2.42. The third-order valence-corrected chi connectivity index (χ3v) is 4.40. The van der Waals surface area contributed by atoms with Crippen molar-refractivity contribution in [1.82, 2.24) is 0 Å². The van der Waals surface area contributed by atoms with Crippen LogP contribution in [0.4, 0.5) is 0 Å². The van der Waals surface area contributed by atoms with Gasteiger partial charge in [-0.2, -0.15) is 0 Å². The van der Waals surface area contributed by atoms with E-state index in [1.807, 2.05) is 0 Å². The highest BCUT2D eigenvalue weighted by Crippen LogP contribution is 2.35. The van der Waals surface area contributed by atoms with Crippen molar-refractivity contribution in [3.8, 4) is 0 Å². The molecule has 3 rings (SSSR count). The Bertz CT molecular complexity index is 638. The van der Waals surface area contributed by atoms with E-state index >= 15 is 0 Å². The Hall–Kier alpha value is -1.32. The fraction of sp³-hybridized carbons (Fsp3) is 0.438. The van der Waals surface area contributed by atoms with Gasteiger partial charge in [0.2, 0.25) is 5.78 Å². The van der Waals surface area contributed by atoms with E-state index < -0.39 is 5.60 Å². The lowest BCUT2D eigenvalue weighted by atomic mass is 9.80. The van der Waals surface area contributed by atoms with Crippen molar-refractivity contribution < 1.29 is 13.9 Å². The van der Waals surface area contributed by atoms with Crippen LogP contribution in [0.2, 0.25) is 5.02 Å². The van der Waals surface area contributed by atoms with E-state index in [1.54, 1.807) is 31.4 Å². The molecule has 0 saturated heterocycles. The monoisotopic (exact) mass is 292 g/mol. The van der Waals surface area contributed by atoms with Gasteiger partial charge < -0.3 is 9.15 Å². The summed E-state index contributed by atoms with van der Waals surface area (Å²) < 4.78 is 11.3. The van der Waals surface area contributed by atoms with Crippen LogP contribution >= 0.6 is 11.6 Å². The molecule has 0 radical (unpaired) electrons. The molecule has 1 aliphatic rings. The highest BCUT2D eigenvalue weighted by molar-refractivity contribution is 6.31. The summed E-state index contributed by atoms with van der Waals surface area (Å²) in [6.45, 7) is 0. The maximum atomic E-state index is 12.8. The molecule has 2 aromatic rings. The number of carbonyl (C=O) groups is 1. The number of ether oxygens (including phenoxy) is 1. The molecule has 0 N–H and O–H groups in total. The number of fused-ring (bicyclic) bond motifs is 1. The van der Waals surface area contributed by atoms with Crippen LogP contribution in [0, 0.1) is 0 Å². The topological polar surface area (TPSA) is 39.4 Å². The number of hydrogen-bond donors (Lipinski definition) is 0. The molecular weight excluding hydrogens is 276 g/mol. The zero-order valence-electron chi connectivity index (χ0n) is 11.4. The zero-order chi connectivity index (χ0) is 14.2. The summed E-state index contributed by atoms with van der Waals surface area (Å²) in [4.78, 5) is 12.8. The zero-order valence-corrected chi connectivity index (χ0v) is 12.2. The maximum absolute atomic E-state index is 12.8. The standard InChI is InChI=1S/C16H17ClO3/c1-19-16(7-3-2-4-8-16)15(18)14-10-11-9-12(17)5-6-13(11)20-14/h5-6,9-10H,2-4,7-8H2,1H3. The summed E-state index contributed by atoms with van der Waals surface area (Å²) in [6, 6.07) is 7.11. The van der Waals surface area contributed by atoms with Gasteiger partial charge in [0.05, 0.1) is 0 Å². The Morgan fingerprint density at radius 1 is 1.25 bits per heavy atom. The van der Waals surface area contributed by atoms with Crippen molar-refractivity contribution in [2.45, 2.75) is 37.7 Å². The number of carbonyl (C=O) groups excluding carboxylic acids is 1. The largest absolute Gasteiger partial charge is 0.453 e. The molecule has 106 valence electrons. The second-order valence-electron chi connectivity index (χ2n) is 5.38. The third-order valence-electron chi connectivity index (χ3n) is 4.17. The molecule has 1 fully saturated rings. The molecular formula is C16H17ClO3. The SMILES string of the molecule is COC1(C(=O)c2cc3cc(Cl)ccc3o2)CCCCC1. The predicted molar refractivity (Wildman–Crippen MR) is 78.4 cm³/mol. The highest BCUT2D eigenvalue weighted by Gasteiger charge is 2.41. The molecule has 4 heteroatoms. The molecule has 0 unspecified atom stereocenters. The van der Waals surface area contributed by atoms with Gasteiger partial charge in [-0.3, -0.25) is 4.79 Å². The number of Topliss-reactive ketones (excluding diaryl/α,β-unsaturated/α-hetero) is 1. The van der Waals surface area contributed by atoms with Crippen LogP contribution in [-0.4, -0.2) is 18.5 Å². The summed E-state index contributed by atoms with van der Waals surface area (Å²) in [6.07, 6.45) is 4.73. The molecule has 1 aromatic heterocycles. The molecule has 0 spiro atoms. The van der Waals surface area contributed by atoms with Crippen LogP contribution in [0.25, 0.3) is 11.0 Å². The highest BCUT2D eigenvalue weighted by atomic mass is 35.5. The van der Waals surface area contributed by atoms with Crippen molar-refractivity contribution in [1.29, 1.82) is 0 Å². The van der Waals surface area contributed by atoms with Crippen LogP contribution < -0.4 is 0 Å². The fourth-order valence-corrected chi connectivity index (χ4v) is 3.18. The summed E-state index contributed by atoms with van der Waals surface area (Å²) >= 11 is 5.96. The van der Waals surface area contributed by atoms with Gasteiger partial charge in [0.25, 0.3) is 0 Å². The second-order valence-corrected chi connectivity index (χ2v) is 5.82. The lowest BCUT2D eigenvalue weighted by Gasteiger charge is -2.33. The smallest absolute Gasteiger partial charge is 0.229 e. The van der Waals surface area contributed by atoms with Crippen molar-refractivity contribution in [2.75, 3.05) is 7.11 Å². The average molecular weight is 293 g/mol. The number of methoxy groups -OCH3 is 1. The van der Waals surface area contributed by atoms with Gasteiger partial charge in [0.15, 0.2) is 5.76 Å². The van der Waals surface area contributed by atoms with E-state index in [4.69, 9.17) is 20.8 Å². The summed E-state index contributed by atoms with van der Waals surface area (Å²) in [5.41, 5.74) is -0.0320. The van der Waals surface area contributed by atoms with Gasteiger partial charge in [0.1, 0.15) is 11.2 Å². The van der Waals surface area contributed by atoms with E-state index in [0.29, 0.717) is 16.4 Å². The molecule has 1 saturated carbocycles. The molecule has 1 aromatic carbocycles. The minimum absolute atomic E-state index is 0.0491. The first-order valence-corrected chi connectivity index (χ1v) is 7.31. The first-order valence-electron chi connectivity index (χ1n) is 6.94. The molecule has 0 bridgehead atoms. The van der Waals surface area contributed by atoms with E-state index in [2.05, 4.69) is 0 Å². The van der Waals surface area contributed by atoms with Crippen molar-refractivity contribution in [2.24, 2.45) is 0 Å². The Kier molecular flexibility index (Phi) is 3.57. The van der Waals surface area contributed by atoms with Gasteiger partial charge in [-0.25, -0.2) is 0 Å². The van der Waals surface area contributed by atoms with Crippen molar-refractivity contribution in [3.05, 3.63) is 35.0 Å². The molecule has 0 aliphatic heterocycles. The molecule has 1 heterocycles. The van der Waals surface area contributed by atoms with Crippen LogP contribution in [0.15, 0.2) is 28.7 Å². The quantitative estimate of drug-likeness (QED) is 0.775. The van der Waals surface area contributed by atoms with Crippen LogP contribution in [-0.2, 0) is 4.74 Å².